The van der Waals surface area contributed by atoms with E-state index >= 15 is 24.0 Å². The molecule has 23 heteroatoms. The first kappa shape index (κ1) is 68.5. The molecule has 6 fully saturated rings. The third-order valence-electron chi connectivity index (χ3n) is 19.2. The predicted octanol–water partition coefficient (Wildman–Crippen LogP) is 4.81. The second-order valence-electron chi connectivity index (χ2n) is 28.5. The first-order chi connectivity index (χ1) is 43.1. The Bertz CT molecular complexity index is 3120. The van der Waals surface area contributed by atoms with Gasteiger partial charge in [0, 0.05) is 42.8 Å². The van der Waals surface area contributed by atoms with Crippen LogP contribution in [0.5, 0.6) is 0 Å². The molecule has 0 radical (unpaired) electrons. The minimum absolute atomic E-state index is 0.0201. The molecule has 7 heterocycles. The van der Waals surface area contributed by atoms with Crippen LogP contribution in [0.2, 0.25) is 0 Å². The summed E-state index contributed by atoms with van der Waals surface area (Å²) in [5.41, 5.74) is -0.357. The maximum Gasteiger partial charge on any atom is 0.247 e. The second kappa shape index (κ2) is 28.5. The first-order valence-electron chi connectivity index (χ1n) is 33.2. The average molecular weight is 1320 g/mol. The predicted molar refractivity (Wildman–Crippen MR) is 346 cm³/mol. The van der Waals surface area contributed by atoms with Gasteiger partial charge in [0.15, 0.2) is 0 Å². The van der Waals surface area contributed by atoms with Gasteiger partial charge in [-0.1, -0.05) is 114 Å². The zero-order valence-corrected chi connectivity index (χ0v) is 56.2. The summed E-state index contributed by atoms with van der Waals surface area (Å²) in [6, 6.07) is 3.57. The molecule has 12 atom stereocenters. The molecule has 6 saturated heterocycles. The Kier molecular flexibility index (Phi) is 21.5. The van der Waals surface area contributed by atoms with Gasteiger partial charge in [0.05, 0.1) is 11.0 Å². The lowest BCUT2D eigenvalue weighted by Gasteiger charge is -2.37. The van der Waals surface area contributed by atoms with Crippen LogP contribution >= 0.6 is 15.9 Å². The number of aliphatic hydroxyl groups is 1. The lowest BCUT2D eigenvalue weighted by atomic mass is 9.77. The van der Waals surface area contributed by atoms with Crippen LogP contribution in [0.25, 0.3) is 0 Å². The average Bonchev–Trinajstić information content (AvgIpc) is 1.55. The molecule has 7 aliphatic rings. The van der Waals surface area contributed by atoms with E-state index in [-0.39, 0.29) is 95.3 Å². The Labute approximate surface area is 544 Å². The number of hydrogen-bond acceptors (Lipinski definition) is 12. The minimum atomic E-state index is -1.34. The SMILES string of the molecule is CC(C)C[C@@H]1NC(=O)[C@@H]2C[C@]3(C=CC(C)(C)O)c4cc(Br)ccc4N[C@H]3N2C(=O)[C@@H]2CCCN2C(=O)[C@H](C(C)C)NC(=O)[C@@H]2CCCN2C(=O)[C@H](CC(C)C)NC(=O)[C@@H]2CCCN2C(=O)[C@H](CC(C)C)NC(=O)[C@@H]2CCCN2C(=O)[C@H](Cc2ccccc2)NC1=O. The van der Waals surface area contributed by atoms with Crippen molar-refractivity contribution in [2.45, 2.75) is 230 Å². The molecule has 0 spiro atoms. The summed E-state index contributed by atoms with van der Waals surface area (Å²) in [5.74, 6) is -6.38. The molecule has 2 aromatic rings. The molecule has 22 nitrogen and oxygen atoms in total. The van der Waals surface area contributed by atoms with Gasteiger partial charge in [-0.2, -0.15) is 0 Å². The lowest BCUT2D eigenvalue weighted by Crippen LogP contribution is -2.62. The number of amides is 10. The summed E-state index contributed by atoms with van der Waals surface area (Å²) >= 11 is 3.65. The highest BCUT2D eigenvalue weighted by molar-refractivity contribution is 9.10. The molecule has 0 aromatic heterocycles. The number of rotatable bonds is 11. The fourth-order valence-electron chi connectivity index (χ4n) is 14.8. The monoisotopic (exact) mass is 1320 g/mol. The highest BCUT2D eigenvalue weighted by Crippen LogP contribution is 2.53. The summed E-state index contributed by atoms with van der Waals surface area (Å²) in [4.78, 5) is 159. The van der Waals surface area contributed by atoms with Crippen LogP contribution in [0.4, 0.5) is 5.69 Å². The van der Waals surface area contributed by atoms with Gasteiger partial charge >= 0.3 is 0 Å². The largest absolute Gasteiger partial charge is 0.386 e. The van der Waals surface area contributed by atoms with Crippen molar-refractivity contribution >= 4 is 80.7 Å². The third-order valence-corrected chi connectivity index (χ3v) is 19.7. The molecule has 0 saturated carbocycles. The van der Waals surface area contributed by atoms with E-state index in [4.69, 9.17) is 0 Å². The smallest absolute Gasteiger partial charge is 0.247 e. The molecule has 10 amide bonds. The number of halogens is 1. The van der Waals surface area contributed by atoms with Gasteiger partial charge in [-0.25, -0.2) is 0 Å². The molecule has 91 heavy (non-hydrogen) atoms. The Morgan fingerprint density at radius 3 is 1.46 bits per heavy atom. The molecule has 496 valence electrons. The van der Waals surface area contributed by atoms with Crippen molar-refractivity contribution in [2.75, 3.05) is 31.5 Å². The van der Waals surface area contributed by atoms with Gasteiger partial charge in [-0.3, -0.25) is 47.9 Å². The van der Waals surface area contributed by atoms with Crippen molar-refractivity contribution < 1.29 is 53.1 Å². The van der Waals surface area contributed by atoms with Crippen molar-refractivity contribution in [1.82, 2.24) is 51.1 Å². The maximum absolute atomic E-state index is 16.0. The summed E-state index contributed by atoms with van der Waals surface area (Å²) in [6.07, 6.45) is 5.97. The summed E-state index contributed by atoms with van der Waals surface area (Å²) in [5, 5.41) is 29.9. The van der Waals surface area contributed by atoms with Gasteiger partial charge in [0.1, 0.15) is 66.6 Å². The number of nitrogens with one attached hydrogen (secondary N) is 6. The van der Waals surface area contributed by atoms with E-state index < -0.39 is 143 Å². The number of anilines is 1. The molecule has 2 aromatic carbocycles. The van der Waals surface area contributed by atoms with Gasteiger partial charge < -0.3 is 61.5 Å². The Morgan fingerprint density at radius 2 is 0.967 bits per heavy atom. The fraction of sp³-hybridized carbons (Fsp3) is 0.647. The molecule has 0 bridgehead atoms. The van der Waals surface area contributed by atoms with E-state index in [0.717, 1.165) is 10.0 Å². The number of fused-ring (bicyclic) bond motifs is 9. The number of nitrogens with zero attached hydrogens (tertiary/aromatic N) is 5. The van der Waals surface area contributed by atoms with E-state index in [0.29, 0.717) is 43.4 Å². The van der Waals surface area contributed by atoms with E-state index in [9.17, 15) is 29.1 Å². The summed E-state index contributed by atoms with van der Waals surface area (Å²) < 4.78 is 0.724. The van der Waals surface area contributed by atoms with Crippen molar-refractivity contribution in [3.05, 3.63) is 76.3 Å². The van der Waals surface area contributed by atoms with Crippen molar-refractivity contribution in [2.24, 2.45) is 23.7 Å². The molecular formula is C68H96BrN11O11. The fourth-order valence-corrected chi connectivity index (χ4v) is 15.2. The third kappa shape index (κ3) is 15.1. The van der Waals surface area contributed by atoms with Crippen molar-refractivity contribution in [3.8, 4) is 0 Å². The molecule has 0 unspecified atom stereocenters. The molecule has 7 aliphatic heterocycles. The van der Waals surface area contributed by atoms with Gasteiger partial charge in [0.2, 0.25) is 59.1 Å². The molecule has 0 aliphatic carbocycles. The Hall–Kier alpha value is -6.88. The van der Waals surface area contributed by atoms with Gasteiger partial charge in [-0.15, -0.1) is 0 Å². The van der Waals surface area contributed by atoms with Crippen LogP contribution < -0.4 is 31.9 Å². The second-order valence-corrected chi connectivity index (χ2v) is 29.5. The molecule has 9 rings (SSSR count). The van der Waals surface area contributed by atoms with Crippen LogP contribution in [0.15, 0.2) is 65.2 Å². The minimum Gasteiger partial charge on any atom is -0.386 e. The molecular weight excluding hydrogens is 1230 g/mol. The van der Waals surface area contributed by atoms with Crippen LogP contribution in [-0.4, -0.2) is 187 Å². The van der Waals surface area contributed by atoms with Crippen LogP contribution in [0, 0.1) is 23.7 Å². The van der Waals surface area contributed by atoms with E-state index in [1.54, 1.807) is 33.8 Å². The van der Waals surface area contributed by atoms with Gasteiger partial charge in [0.25, 0.3) is 0 Å². The zero-order chi connectivity index (χ0) is 66.0. The Morgan fingerprint density at radius 1 is 0.527 bits per heavy atom. The van der Waals surface area contributed by atoms with Crippen molar-refractivity contribution in [3.63, 3.8) is 0 Å². The van der Waals surface area contributed by atoms with Crippen LogP contribution in [0.1, 0.15) is 157 Å². The highest BCUT2D eigenvalue weighted by Gasteiger charge is 2.61. The highest BCUT2D eigenvalue weighted by atomic mass is 79.9. The molecule has 7 N–H and O–H groups in total. The summed E-state index contributed by atoms with van der Waals surface area (Å²) in [6.45, 7) is 19.1. The normalized spacial score (nSPS) is 30.3. The first-order valence-corrected chi connectivity index (χ1v) is 34.0. The number of benzene rings is 2. The van der Waals surface area contributed by atoms with E-state index in [1.165, 1.54) is 24.5 Å². The van der Waals surface area contributed by atoms with Crippen LogP contribution in [-0.2, 0) is 59.8 Å². The maximum atomic E-state index is 16.0. The van der Waals surface area contributed by atoms with E-state index in [2.05, 4.69) is 47.8 Å². The van der Waals surface area contributed by atoms with E-state index in [1.807, 2.05) is 96.1 Å². The quantitative estimate of drug-likeness (QED) is 0.150. The number of hydrogen-bond donors (Lipinski definition) is 7. The standard InChI is InChI=1S/C68H96BrN11O11/c1-38(2)32-46-56(81)71-49(35-42-18-12-11-13-19-42)63(88)77-29-15-21-51(77)58(83)72-47(33-39(3)4)61(86)76-28-14-20-50(76)57(82)73-48(34-40(5)6)62(87)78-30-16-22-52(78)59(84)75-55(41(7)8)65(90)79-31-17-23-53(79)64(89)80-54(60(85)70-46)37-68(27-26-67(9,10)91)44-36-43(69)24-25-45(44)74-66(68)80/h11-13,18-19,24-27,36,38-41,46-55,66,74,91H,14-17,20-23,28-35,37H2,1-10H3,(H,70,85)(H,71,81)(H,72,83)(H,73,82)(H,75,84)/t46-,47-,48-,49-,50-,51-,52-,53-,54-,55-,66-,68+/m0/s1. The Balaban J connectivity index is 1.13. The van der Waals surface area contributed by atoms with Gasteiger partial charge in [-0.05, 0) is 144 Å². The number of carbonyl (C=O) groups is 10. The summed E-state index contributed by atoms with van der Waals surface area (Å²) in [7, 11) is 0. The number of carbonyl (C=O) groups excluding carboxylic acids is 10. The zero-order valence-electron chi connectivity index (χ0n) is 54.6. The van der Waals surface area contributed by atoms with Crippen molar-refractivity contribution in [1.29, 1.82) is 0 Å². The lowest BCUT2D eigenvalue weighted by molar-refractivity contribution is -0.150. The topological polar surface area (TPSA) is 279 Å². The van der Waals surface area contributed by atoms with Crippen LogP contribution in [0.3, 0.4) is 0 Å².